The molecule has 1 N–H and O–H groups in total. The van der Waals surface area contributed by atoms with Gasteiger partial charge in [-0.3, -0.25) is 4.79 Å². The molecule has 0 saturated carbocycles. The van der Waals surface area contributed by atoms with Crippen molar-refractivity contribution < 1.29 is 23.1 Å². The number of aromatic carboxylic acids is 1. The topological polar surface area (TPSA) is 111 Å². The van der Waals surface area contributed by atoms with Crippen molar-refractivity contribution in [3.63, 3.8) is 0 Å². The van der Waals surface area contributed by atoms with Crippen molar-refractivity contribution in [3.8, 4) is 10.4 Å². The molecule has 0 radical (unpaired) electrons. The van der Waals surface area contributed by atoms with Gasteiger partial charge in [-0.05, 0) is 56.9 Å². The summed E-state index contributed by atoms with van der Waals surface area (Å²) < 4.78 is 28.0. The first kappa shape index (κ1) is 26.3. The van der Waals surface area contributed by atoms with E-state index in [0.29, 0.717) is 6.04 Å². The van der Waals surface area contributed by atoms with Crippen LogP contribution in [0.2, 0.25) is 0 Å². The summed E-state index contributed by atoms with van der Waals surface area (Å²) in [6.07, 6.45) is 4.69. The third kappa shape index (κ3) is 4.93. The van der Waals surface area contributed by atoms with Crippen molar-refractivity contribution in [1.82, 2.24) is 9.29 Å². The number of piperazine rings is 1. The van der Waals surface area contributed by atoms with E-state index in [0.717, 1.165) is 51.3 Å². The molecule has 9 nitrogen and oxygen atoms in total. The van der Waals surface area contributed by atoms with Gasteiger partial charge in [0, 0.05) is 36.2 Å². The number of sulfonamides is 1. The van der Waals surface area contributed by atoms with Crippen LogP contribution in [0.25, 0.3) is 10.4 Å². The van der Waals surface area contributed by atoms with Crippen molar-refractivity contribution >= 4 is 44.7 Å². The molecule has 0 bridgehead atoms. The Morgan fingerprint density at radius 1 is 1.08 bits per heavy atom. The molecule has 0 unspecified atom stereocenters. The van der Waals surface area contributed by atoms with Crippen LogP contribution in [0.1, 0.15) is 42.8 Å². The molecule has 1 amide bonds. The van der Waals surface area contributed by atoms with E-state index in [1.807, 2.05) is 30.3 Å². The zero-order valence-electron chi connectivity index (χ0n) is 21.3. The third-order valence-electron chi connectivity index (χ3n) is 7.17. The molecular weight excluding hydrogens is 524 g/mol. The molecule has 11 heteroatoms. The number of hydrogen-bond donors (Lipinski definition) is 1. The minimum absolute atomic E-state index is 0.0347. The summed E-state index contributed by atoms with van der Waals surface area (Å²) >= 11 is 1.10. The fourth-order valence-corrected chi connectivity index (χ4v) is 7.62. The molecule has 2 fully saturated rings. The molecule has 200 valence electrons. The quantitative estimate of drug-likeness (QED) is 0.483. The minimum Gasteiger partial charge on any atom is -0.477 e. The van der Waals surface area contributed by atoms with E-state index < -0.39 is 27.9 Å². The standard InChI is InChI=1S/C27H30N4O5S2/c1-18-8-6-7-13-30(18)24-12-11-21(15-28-24)38(35,36)29-16-19(2)31(25(32)17-29)22-14-23(37-26(22)27(33)34)20-9-4-3-5-10-20/h3-5,9-12,14-15,18-19H,6-8,13,16-17H2,1-2H3,(H,33,34)/t18-,19-/m1/s1. The maximum atomic E-state index is 13.4. The number of rotatable bonds is 6. The van der Waals surface area contributed by atoms with Crippen LogP contribution >= 0.6 is 11.3 Å². The average molecular weight is 555 g/mol. The van der Waals surface area contributed by atoms with Gasteiger partial charge in [0.25, 0.3) is 0 Å². The van der Waals surface area contributed by atoms with Gasteiger partial charge in [-0.15, -0.1) is 11.3 Å². The number of aromatic nitrogens is 1. The second-order valence-electron chi connectivity index (χ2n) is 9.80. The Bertz CT molecular complexity index is 1440. The summed E-state index contributed by atoms with van der Waals surface area (Å²) in [6, 6.07) is 14.1. The molecule has 2 aromatic heterocycles. The van der Waals surface area contributed by atoms with Gasteiger partial charge in [0.2, 0.25) is 15.9 Å². The Morgan fingerprint density at radius 2 is 1.84 bits per heavy atom. The van der Waals surface area contributed by atoms with E-state index >= 15 is 0 Å². The summed E-state index contributed by atoms with van der Waals surface area (Å²) in [5, 5.41) is 9.85. The summed E-state index contributed by atoms with van der Waals surface area (Å²) in [5.74, 6) is -0.853. The predicted octanol–water partition coefficient (Wildman–Crippen LogP) is 4.31. The number of pyridine rings is 1. The average Bonchev–Trinajstić information content (AvgIpc) is 3.34. The smallest absolute Gasteiger partial charge is 0.348 e. The van der Waals surface area contributed by atoms with Gasteiger partial charge in [0.05, 0.1) is 12.2 Å². The first-order valence-electron chi connectivity index (χ1n) is 12.6. The molecule has 1 aromatic carbocycles. The number of piperidine rings is 1. The monoisotopic (exact) mass is 554 g/mol. The van der Waals surface area contributed by atoms with Crippen LogP contribution in [0, 0.1) is 0 Å². The van der Waals surface area contributed by atoms with Crippen LogP contribution < -0.4 is 9.80 Å². The number of benzene rings is 1. The number of carbonyl (C=O) groups excluding carboxylic acids is 1. The van der Waals surface area contributed by atoms with E-state index in [1.165, 1.54) is 17.5 Å². The van der Waals surface area contributed by atoms with Gasteiger partial charge < -0.3 is 14.9 Å². The highest BCUT2D eigenvalue weighted by atomic mass is 32.2. The molecular formula is C27H30N4O5S2. The molecule has 2 saturated heterocycles. The number of amides is 1. The lowest BCUT2D eigenvalue weighted by molar-refractivity contribution is -0.120. The van der Waals surface area contributed by atoms with Crippen LogP contribution in [-0.4, -0.2) is 66.4 Å². The Hall–Kier alpha value is -3.28. The Balaban J connectivity index is 1.38. The lowest BCUT2D eigenvalue weighted by atomic mass is 10.0. The van der Waals surface area contributed by atoms with Gasteiger partial charge in [0.1, 0.15) is 15.6 Å². The second-order valence-corrected chi connectivity index (χ2v) is 12.8. The summed E-state index contributed by atoms with van der Waals surface area (Å²) in [4.78, 5) is 34.2. The Kier molecular flexibility index (Phi) is 7.26. The molecule has 0 spiro atoms. The zero-order valence-corrected chi connectivity index (χ0v) is 22.9. The molecule has 2 aliphatic heterocycles. The number of nitrogens with zero attached hydrogens (tertiary/aromatic N) is 4. The number of carboxylic acids is 1. The minimum atomic E-state index is -3.97. The fourth-order valence-electron chi connectivity index (χ4n) is 5.21. The highest BCUT2D eigenvalue weighted by molar-refractivity contribution is 7.89. The SMILES string of the molecule is C[C@@H]1CCCCN1c1ccc(S(=O)(=O)N2CC(=O)N(c3cc(-c4ccccc4)sc3C(=O)O)[C@H](C)C2)cn1. The van der Waals surface area contributed by atoms with Crippen LogP contribution in [0.4, 0.5) is 11.5 Å². The van der Waals surface area contributed by atoms with Gasteiger partial charge in [-0.2, -0.15) is 4.31 Å². The third-order valence-corrected chi connectivity index (χ3v) is 10.1. The van der Waals surface area contributed by atoms with E-state index in [4.69, 9.17) is 0 Å². The van der Waals surface area contributed by atoms with Crippen molar-refractivity contribution in [2.75, 3.05) is 29.4 Å². The van der Waals surface area contributed by atoms with Crippen molar-refractivity contribution in [2.24, 2.45) is 0 Å². The molecule has 3 aromatic rings. The number of anilines is 2. The molecule has 2 aliphatic rings. The van der Waals surface area contributed by atoms with Gasteiger partial charge >= 0.3 is 5.97 Å². The van der Waals surface area contributed by atoms with Crippen LogP contribution in [0.3, 0.4) is 0 Å². The van der Waals surface area contributed by atoms with E-state index in [-0.39, 0.29) is 28.5 Å². The number of hydrogen-bond acceptors (Lipinski definition) is 7. The first-order chi connectivity index (χ1) is 18.2. The van der Waals surface area contributed by atoms with Crippen molar-refractivity contribution in [1.29, 1.82) is 0 Å². The van der Waals surface area contributed by atoms with Gasteiger partial charge in [-0.25, -0.2) is 18.2 Å². The maximum Gasteiger partial charge on any atom is 0.348 e. The van der Waals surface area contributed by atoms with Crippen molar-refractivity contribution in [2.45, 2.75) is 50.1 Å². The fraction of sp³-hybridized carbons (Fsp3) is 0.370. The highest BCUT2D eigenvalue weighted by Gasteiger charge is 2.39. The molecule has 4 heterocycles. The first-order valence-corrected chi connectivity index (χ1v) is 14.9. The maximum absolute atomic E-state index is 13.4. The number of carbonyl (C=O) groups is 2. The summed E-state index contributed by atoms with van der Waals surface area (Å²) in [5.41, 5.74) is 1.14. The Labute approximate surface area is 226 Å². The number of thiophene rings is 1. The van der Waals surface area contributed by atoms with E-state index in [2.05, 4.69) is 16.8 Å². The number of carboxylic acid groups (broad SMARTS) is 1. The Morgan fingerprint density at radius 3 is 2.47 bits per heavy atom. The van der Waals surface area contributed by atoms with Gasteiger partial charge in [-0.1, -0.05) is 30.3 Å². The predicted molar refractivity (Wildman–Crippen MR) is 147 cm³/mol. The molecule has 2 atom stereocenters. The molecule has 5 rings (SSSR count). The normalized spacial score (nSPS) is 21.1. The van der Waals surface area contributed by atoms with Crippen LogP contribution in [-0.2, 0) is 14.8 Å². The molecule has 0 aliphatic carbocycles. The van der Waals surface area contributed by atoms with Crippen molar-refractivity contribution in [3.05, 3.63) is 59.6 Å². The van der Waals surface area contributed by atoms with E-state index in [1.54, 1.807) is 25.1 Å². The van der Waals surface area contributed by atoms with E-state index in [9.17, 15) is 23.1 Å². The highest BCUT2D eigenvalue weighted by Crippen LogP contribution is 2.39. The van der Waals surface area contributed by atoms with Gasteiger partial charge in [0.15, 0.2) is 0 Å². The zero-order chi connectivity index (χ0) is 27.0. The van der Waals surface area contributed by atoms with Crippen LogP contribution in [0.5, 0.6) is 0 Å². The lowest BCUT2D eigenvalue weighted by Gasteiger charge is -2.38. The largest absolute Gasteiger partial charge is 0.477 e. The second kappa shape index (κ2) is 10.5. The molecule has 38 heavy (non-hydrogen) atoms. The summed E-state index contributed by atoms with van der Waals surface area (Å²) in [7, 11) is -3.97. The lowest BCUT2D eigenvalue weighted by Crippen LogP contribution is -2.57. The summed E-state index contributed by atoms with van der Waals surface area (Å²) in [6.45, 7) is 4.41. The van der Waals surface area contributed by atoms with Crippen LogP contribution in [0.15, 0.2) is 59.6 Å².